The highest BCUT2D eigenvalue weighted by Crippen LogP contribution is 2.63. The molecule has 2 aliphatic rings. The van der Waals surface area contributed by atoms with Gasteiger partial charge in [-0.1, -0.05) is 18.2 Å². The molecule has 3 N–H and O–H groups in total. The Labute approximate surface area is 105 Å². The Morgan fingerprint density at radius 3 is 2.61 bits per heavy atom. The van der Waals surface area contributed by atoms with E-state index in [4.69, 9.17) is 5.73 Å². The summed E-state index contributed by atoms with van der Waals surface area (Å²) in [5.41, 5.74) is 9.05. The van der Waals surface area contributed by atoms with Crippen molar-refractivity contribution in [3.05, 3.63) is 29.8 Å². The van der Waals surface area contributed by atoms with Gasteiger partial charge in [-0.2, -0.15) is 5.21 Å². The van der Waals surface area contributed by atoms with Gasteiger partial charge in [0.2, 0.25) is 5.82 Å². The molecule has 0 atom stereocenters. The molecule has 18 heavy (non-hydrogen) atoms. The van der Waals surface area contributed by atoms with Crippen LogP contribution in [0.2, 0.25) is 0 Å². The van der Waals surface area contributed by atoms with Gasteiger partial charge in [0.1, 0.15) is 0 Å². The molecule has 2 saturated carbocycles. The second kappa shape index (κ2) is 3.17. The Hall–Kier alpha value is -1.75. The van der Waals surface area contributed by atoms with Gasteiger partial charge in [0.25, 0.3) is 0 Å². The Kier molecular flexibility index (Phi) is 1.80. The number of aromatic amines is 1. The van der Waals surface area contributed by atoms with Crippen LogP contribution in [0.5, 0.6) is 0 Å². The van der Waals surface area contributed by atoms with E-state index in [2.05, 4.69) is 38.8 Å². The van der Waals surface area contributed by atoms with E-state index in [-0.39, 0.29) is 11.0 Å². The summed E-state index contributed by atoms with van der Waals surface area (Å²) in [6, 6.07) is 8.43. The Balaban J connectivity index is 1.77. The minimum absolute atomic E-state index is 0.0445. The number of hydrogen-bond donors (Lipinski definition) is 2. The minimum Gasteiger partial charge on any atom is -0.324 e. The summed E-state index contributed by atoms with van der Waals surface area (Å²) in [5.74, 6) is 0.648. The number of nitrogens with zero attached hydrogens (tertiary/aromatic N) is 3. The second-order valence-corrected chi connectivity index (χ2v) is 5.55. The zero-order valence-corrected chi connectivity index (χ0v) is 10.1. The highest BCUT2D eigenvalue weighted by Gasteiger charge is 2.63. The van der Waals surface area contributed by atoms with E-state index in [0.29, 0.717) is 5.82 Å². The maximum atomic E-state index is 6.44. The zero-order valence-electron chi connectivity index (χ0n) is 10.1. The number of tetrazole rings is 1. The maximum absolute atomic E-state index is 6.44. The average molecular weight is 241 g/mol. The van der Waals surface area contributed by atoms with Crippen LogP contribution in [0.4, 0.5) is 0 Å². The fourth-order valence-electron chi connectivity index (χ4n) is 3.05. The summed E-state index contributed by atoms with van der Waals surface area (Å²) < 4.78 is 0. The molecule has 1 aromatic heterocycles. The number of rotatable bonds is 3. The fourth-order valence-corrected chi connectivity index (χ4v) is 3.05. The van der Waals surface area contributed by atoms with E-state index >= 15 is 0 Å². The summed E-state index contributed by atoms with van der Waals surface area (Å²) >= 11 is 0. The van der Waals surface area contributed by atoms with Gasteiger partial charge in [-0.25, -0.2) is 0 Å². The third-order valence-corrected chi connectivity index (χ3v) is 4.51. The van der Waals surface area contributed by atoms with Crippen molar-refractivity contribution in [1.82, 2.24) is 20.6 Å². The van der Waals surface area contributed by atoms with E-state index in [1.54, 1.807) is 0 Å². The van der Waals surface area contributed by atoms with Gasteiger partial charge in [-0.05, 0) is 42.5 Å². The number of hydrogen-bond acceptors (Lipinski definition) is 4. The molecule has 5 heteroatoms. The topological polar surface area (TPSA) is 80.5 Å². The molecule has 5 nitrogen and oxygen atoms in total. The first-order valence-electron chi connectivity index (χ1n) is 6.37. The molecule has 0 bridgehead atoms. The lowest BCUT2D eigenvalue weighted by Gasteiger charge is -2.23. The third-order valence-electron chi connectivity index (χ3n) is 4.51. The lowest BCUT2D eigenvalue weighted by atomic mass is 9.85. The molecule has 2 aromatic rings. The highest BCUT2D eigenvalue weighted by atomic mass is 15.5. The van der Waals surface area contributed by atoms with Gasteiger partial charge in [-0.15, -0.1) is 10.2 Å². The Morgan fingerprint density at radius 2 is 2.00 bits per heavy atom. The van der Waals surface area contributed by atoms with Crippen LogP contribution >= 0.6 is 0 Å². The predicted octanol–water partition coefficient (Wildman–Crippen LogP) is 1.39. The molecule has 2 aliphatic carbocycles. The first-order chi connectivity index (χ1) is 8.74. The van der Waals surface area contributed by atoms with Crippen LogP contribution in [0.1, 0.15) is 31.2 Å². The predicted molar refractivity (Wildman–Crippen MR) is 66.7 cm³/mol. The second-order valence-electron chi connectivity index (χ2n) is 5.55. The van der Waals surface area contributed by atoms with Crippen LogP contribution in [-0.4, -0.2) is 26.2 Å². The van der Waals surface area contributed by atoms with Crippen molar-refractivity contribution in [1.29, 1.82) is 0 Å². The van der Waals surface area contributed by atoms with Crippen molar-refractivity contribution in [2.45, 2.75) is 36.6 Å². The smallest absolute Gasteiger partial charge is 0.204 e. The van der Waals surface area contributed by atoms with Crippen LogP contribution in [-0.2, 0) is 5.41 Å². The SMILES string of the molecule is NC1(C2(c3cccc(-c4nn[nH]n4)c3)CC2)CC1. The number of nitrogens with one attached hydrogen (secondary N) is 1. The Bertz CT molecular complexity index is 581. The Morgan fingerprint density at radius 1 is 1.17 bits per heavy atom. The van der Waals surface area contributed by atoms with Crippen molar-refractivity contribution in [3.63, 3.8) is 0 Å². The molecule has 0 unspecified atom stereocenters. The van der Waals surface area contributed by atoms with Gasteiger partial charge >= 0.3 is 0 Å². The number of H-pyrrole nitrogens is 1. The van der Waals surface area contributed by atoms with Gasteiger partial charge in [0, 0.05) is 16.5 Å². The van der Waals surface area contributed by atoms with Crippen LogP contribution in [0.25, 0.3) is 11.4 Å². The molecule has 2 fully saturated rings. The third kappa shape index (κ3) is 1.28. The molecule has 4 rings (SSSR count). The molecule has 0 saturated heterocycles. The van der Waals surface area contributed by atoms with Crippen LogP contribution in [0.3, 0.4) is 0 Å². The first kappa shape index (κ1) is 10.2. The van der Waals surface area contributed by atoms with E-state index in [1.165, 1.54) is 18.4 Å². The normalized spacial score (nSPS) is 22.7. The molecular weight excluding hydrogens is 226 g/mol. The van der Waals surface area contributed by atoms with Crippen molar-refractivity contribution in [2.75, 3.05) is 0 Å². The lowest BCUT2D eigenvalue weighted by Crippen LogP contribution is -2.37. The monoisotopic (exact) mass is 241 g/mol. The fraction of sp³-hybridized carbons (Fsp3) is 0.462. The summed E-state index contributed by atoms with van der Waals surface area (Å²) in [6.45, 7) is 0. The molecule has 1 heterocycles. The summed E-state index contributed by atoms with van der Waals surface area (Å²) in [6.07, 6.45) is 4.72. The van der Waals surface area contributed by atoms with E-state index in [0.717, 1.165) is 18.4 Å². The largest absolute Gasteiger partial charge is 0.324 e. The molecule has 0 spiro atoms. The molecular formula is C13H15N5. The molecule has 0 radical (unpaired) electrons. The highest BCUT2D eigenvalue weighted by molar-refractivity contribution is 5.57. The van der Waals surface area contributed by atoms with E-state index < -0.39 is 0 Å². The van der Waals surface area contributed by atoms with Crippen molar-refractivity contribution in [2.24, 2.45) is 5.73 Å². The maximum Gasteiger partial charge on any atom is 0.204 e. The van der Waals surface area contributed by atoms with Gasteiger partial charge < -0.3 is 5.73 Å². The van der Waals surface area contributed by atoms with Gasteiger partial charge in [0.05, 0.1) is 0 Å². The first-order valence-corrected chi connectivity index (χ1v) is 6.37. The minimum atomic E-state index is 0.0445. The number of benzene rings is 1. The van der Waals surface area contributed by atoms with Crippen LogP contribution in [0, 0.1) is 0 Å². The number of nitrogens with two attached hydrogens (primary N) is 1. The standard InChI is InChI=1S/C13H15N5/c14-13(6-7-13)12(4-5-12)10-3-1-2-9(8-10)11-15-17-18-16-11/h1-3,8H,4-7,14H2,(H,15,16,17,18). The van der Waals surface area contributed by atoms with Crippen LogP contribution in [0.15, 0.2) is 24.3 Å². The lowest BCUT2D eigenvalue weighted by molar-refractivity contribution is 0.503. The van der Waals surface area contributed by atoms with E-state index in [9.17, 15) is 0 Å². The van der Waals surface area contributed by atoms with Crippen molar-refractivity contribution in [3.8, 4) is 11.4 Å². The average Bonchev–Trinajstić information content (AvgIpc) is 3.29. The zero-order chi connectivity index (χ0) is 12.2. The number of aromatic nitrogens is 4. The van der Waals surface area contributed by atoms with Gasteiger partial charge in [0.15, 0.2) is 0 Å². The quantitative estimate of drug-likeness (QED) is 0.851. The summed E-state index contributed by atoms with van der Waals surface area (Å²) in [5, 5.41) is 14.2. The summed E-state index contributed by atoms with van der Waals surface area (Å²) in [7, 11) is 0. The van der Waals surface area contributed by atoms with Crippen molar-refractivity contribution >= 4 is 0 Å². The molecule has 0 amide bonds. The molecule has 1 aromatic carbocycles. The molecule has 0 aliphatic heterocycles. The van der Waals surface area contributed by atoms with Crippen molar-refractivity contribution < 1.29 is 0 Å². The molecule has 92 valence electrons. The van der Waals surface area contributed by atoms with Crippen LogP contribution < -0.4 is 5.73 Å². The van der Waals surface area contributed by atoms with E-state index in [1.807, 2.05) is 6.07 Å². The summed E-state index contributed by atoms with van der Waals surface area (Å²) in [4.78, 5) is 0. The van der Waals surface area contributed by atoms with Gasteiger partial charge in [-0.3, -0.25) is 0 Å².